The van der Waals surface area contributed by atoms with Gasteiger partial charge in [0.1, 0.15) is 11.5 Å². The van der Waals surface area contributed by atoms with Gasteiger partial charge in [-0.25, -0.2) is 4.57 Å². The van der Waals surface area contributed by atoms with E-state index < -0.39 is 15.2 Å². The van der Waals surface area contributed by atoms with Crippen LogP contribution >= 0.6 is 15.2 Å². The molecule has 0 unspecified atom stereocenters. The van der Waals surface area contributed by atoms with E-state index in [9.17, 15) is 9.13 Å². The summed E-state index contributed by atoms with van der Waals surface area (Å²) in [6.07, 6.45) is 5.65. The Morgan fingerprint density at radius 2 is 0.857 bits per heavy atom. The first-order valence-corrected chi connectivity index (χ1v) is 20.2. The van der Waals surface area contributed by atoms with Crippen molar-refractivity contribution in [2.45, 2.75) is 66.2 Å². The van der Waals surface area contributed by atoms with Crippen molar-refractivity contribution in [3.63, 3.8) is 0 Å². The maximum atomic E-state index is 14.2. The Kier molecular flexibility index (Phi) is 14.7. The van der Waals surface area contributed by atoms with Crippen molar-refractivity contribution in [2.75, 3.05) is 26.4 Å². The Morgan fingerprint density at radius 3 is 1.27 bits per heavy atom. The Morgan fingerprint density at radius 1 is 0.490 bits per heavy atom. The molecule has 0 bridgehead atoms. The maximum absolute atomic E-state index is 14.2. The van der Waals surface area contributed by atoms with E-state index in [1.165, 1.54) is 0 Å². The highest BCUT2D eigenvalue weighted by Crippen LogP contribution is 2.51. The van der Waals surface area contributed by atoms with Gasteiger partial charge in [0.05, 0.1) is 13.2 Å². The van der Waals surface area contributed by atoms with Gasteiger partial charge in [-0.2, -0.15) is 0 Å². The summed E-state index contributed by atoms with van der Waals surface area (Å²) in [6.45, 7) is 10.5. The van der Waals surface area contributed by atoms with Gasteiger partial charge >= 0.3 is 7.82 Å². The van der Waals surface area contributed by atoms with Crippen LogP contribution in [-0.4, -0.2) is 26.4 Å². The average molecular weight is 707 g/mol. The summed E-state index contributed by atoms with van der Waals surface area (Å²) in [7, 11) is -7.11. The van der Waals surface area contributed by atoms with Crippen molar-refractivity contribution < 1.29 is 32.0 Å². The van der Waals surface area contributed by atoms with Gasteiger partial charge in [-0.1, -0.05) is 113 Å². The van der Waals surface area contributed by atoms with Crippen molar-refractivity contribution in [1.29, 1.82) is 0 Å². The van der Waals surface area contributed by atoms with E-state index in [2.05, 4.69) is 27.7 Å². The third-order valence-electron chi connectivity index (χ3n) is 8.15. The number of hydrogen-bond donors (Lipinski definition) is 0. The number of rotatable bonds is 22. The van der Waals surface area contributed by atoms with Crippen LogP contribution in [0.4, 0.5) is 0 Å². The lowest BCUT2D eigenvalue weighted by Gasteiger charge is -2.28. The number of phosphoric acid groups is 1. The molecule has 0 fully saturated rings. The molecule has 49 heavy (non-hydrogen) atoms. The molecule has 0 saturated carbocycles. The molecule has 0 aliphatic carbocycles. The van der Waals surface area contributed by atoms with Crippen molar-refractivity contribution in [1.82, 2.24) is 0 Å². The van der Waals surface area contributed by atoms with Crippen LogP contribution in [0.25, 0.3) is 0 Å². The van der Waals surface area contributed by atoms with Gasteiger partial charge in [0.15, 0.2) is 0 Å². The molecule has 0 aliphatic rings. The highest BCUT2D eigenvalue weighted by molar-refractivity contribution is 7.74. The van der Waals surface area contributed by atoms with E-state index in [1.54, 1.807) is 24.3 Å². The quantitative estimate of drug-likeness (QED) is 0.0594. The Bertz CT molecular complexity index is 1510. The summed E-state index contributed by atoms with van der Waals surface area (Å²) in [6, 6.07) is 36.9. The van der Waals surface area contributed by atoms with Crippen molar-refractivity contribution in [2.24, 2.45) is 10.8 Å². The van der Waals surface area contributed by atoms with Crippen LogP contribution in [0.3, 0.4) is 0 Å². The number of para-hydroxylation sites is 2. The fourth-order valence-corrected chi connectivity index (χ4v) is 8.89. The number of ether oxygens (including phenoxy) is 1. The molecule has 0 N–H and O–H groups in total. The minimum Gasteiger partial charge on any atom is -0.395 e. The minimum absolute atomic E-state index is 0.130. The summed E-state index contributed by atoms with van der Waals surface area (Å²) >= 11 is 0. The molecule has 7 nitrogen and oxygen atoms in total. The SMILES string of the molecule is CC(C)(CCCCOCCCCC(C)(C)COP(=O)(c1ccccc1)c1ccccc1)COP(=O)(Oc1ccccc1)Oc1ccccc1. The molecule has 0 atom stereocenters. The lowest BCUT2D eigenvalue weighted by Crippen LogP contribution is -2.24. The molecular weight excluding hydrogens is 654 g/mol. The summed E-state index contributed by atoms with van der Waals surface area (Å²) in [5.74, 6) is 0.844. The fourth-order valence-electron chi connectivity index (χ4n) is 5.22. The zero-order chi connectivity index (χ0) is 35.1. The van der Waals surface area contributed by atoms with Gasteiger partial charge in [-0.05, 0) is 85.0 Å². The summed E-state index contributed by atoms with van der Waals surface area (Å²) in [4.78, 5) is 0. The lowest BCUT2D eigenvalue weighted by atomic mass is 9.88. The summed E-state index contributed by atoms with van der Waals surface area (Å²) < 4.78 is 57.4. The molecule has 4 aromatic rings. The van der Waals surface area contributed by atoms with Crippen molar-refractivity contribution >= 4 is 25.8 Å². The number of unbranched alkanes of at least 4 members (excludes halogenated alkanes) is 2. The molecule has 0 radical (unpaired) electrons. The van der Waals surface area contributed by atoms with Crippen LogP contribution in [0, 0.1) is 10.8 Å². The van der Waals surface area contributed by atoms with Crippen LogP contribution in [0.1, 0.15) is 66.2 Å². The second kappa shape index (κ2) is 18.7. The Hall–Kier alpha value is -3.18. The second-order valence-corrected chi connectivity index (χ2v) is 17.8. The number of hydrogen-bond acceptors (Lipinski definition) is 7. The van der Waals surface area contributed by atoms with E-state index in [4.69, 9.17) is 22.8 Å². The van der Waals surface area contributed by atoms with Gasteiger partial charge in [0.2, 0.25) is 0 Å². The highest BCUT2D eigenvalue weighted by atomic mass is 31.2. The first-order valence-electron chi connectivity index (χ1n) is 17.2. The number of benzene rings is 4. The molecular formula is C40H52O7P2. The molecule has 0 heterocycles. The first kappa shape index (κ1) is 38.6. The third-order valence-corrected chi connectivity index (χ3v) is 11.9. The largest absolute Gasteiger partial charge is 0.587 e. The minimum atomic E-state index is -3.92. The van der Waals surface area contributed by atoms with E-state index in [0.29, 0.717) is 31.3 Å². The molecule has 0 spiro atoms. The molecule has 4 rings (SSSR count). The molecule has 0 aromatic heterocycles. The predicted molar refractivity (Wildman–Crippen MR) is 199 cm³/mol. The van der Waals surface area contributed by atoms with Crippen molar-refractivity contribution in [3.8, 4) is 11.5 Å². The predicted octanol–water partition coefficient (Wildman–Crippen LogP) is 10.6. The van der Waals surface area contributed by atoms with Gasteiger partial charge in [-0.3, -0.25) is 9.09 Å². The Labute approximate surface area is 293 Å². The standard InChI is InChI=1S/C40H52O7P2/c1-39(2,33-44-48(41,37-25-13-7-14-26-37)38-27-15-8-16-28-38)29-17-19-31-43-32-20-18-30-40(3,4)34-45-49(42,46-35-21-9-5-10-22-35)47-36-23-11-6-12-24-36/h5-16,21-28H,17-20,29-34H2,1-4H3. The Balaban J connectivity index is 1.13. The van der Waals surface area contributed by atoms with Gasteiger partial charge in [-0.15, -0.1) is 0 Å². The lowest BCUT2D eigenvalue weighted by molar-refractivity contribution is 0.106. The van der Waals surface area contributed by atoms with Crippen LogP contribution in [0.2, 0.25) is 0 Å². The van der Waals surface area contributed by atoms with Gasteiger partial charge < -0.3 is 18.3 Å². The molecule has 4 aromatic carbocycles. The molecule has 0 amide bonds. The zero-order valence-electron chi connectivity index (χ0n) is 29.4. The molecule has 0 saturated heterocycles. The average Bonchev–Trinajstić information content (AvgIpc) is 3.11. The van der Waals surface area contributed by atoms with Crippen LogP contribution in [-0.2, 0) is 22.9 Å². The smallest absolute Gasteiger partial charge is 0.395 e. The molecule has 9 heteroatoms. The van der Waals surface area contributed by atoms with Crippen LogP contribution in [0.5, 0.6) is 11.5 Å². The van der Waals surface area contributed by atoms with Gasteiger partial charge in [0, 0.05) is 23.8 Å². The van der Waals surface area contributed by atoms with Crippen LogP contribution in [0.15, 0.2) is 121 Å². The fraction of sp³-hybridized carbons (Fsp3) is 0.400. The first-order chi connectivity index (χ1) is 23.5. The molecule has 264 valence electrons. The van der Waals surface area contributed by atoms with Gasteiger partial charge in [0.25, 0.3) is 7.37 Å². The van der Waals surface area contributed by atoms with E-state index in [1.807, 2.05) is 97.1 Å². The topological polar surface area (TPSA) is 80.3 Å². The summed E-state index contributed by atoms with van der Waals surface area (Å²) in [5.41, 5.74) is -0.372. The maximum Gasteiger partial charge on any atom is 0.587 e. The van der Waals surface area contributed by atoms with E-state index in [-0.39, 0.29) is 17.4 Å². The van der Waals surface area contributed by atoms with E-state index >= 15 is 0 Å². The van der Waals surface area contributed by atoms with Crippen molar-refractivity contribution in [3.05, 3.63) is 121 Å². The zero-order valence-corrected chi connectivity index (χ0v) is 31.2. The molecule has 0 aliphatic heterocycles. The highest BCUT2D eigenvalue weighted by Gasteiger charge is 2.34. The van der Waals surface area contributed by atoms with Crippen LogP contribution < -0.4 is 19.7 Å². The normalized spacial score (nSPS) is 12.5. The second-order valence-electron chi connectivity index (χ2n) is 13.9. The summed E-state index contributed by atoms with van der Waals surface area (Å²) in [5, 5.41) is 1.44. The van der Waals surface area contributed by atoms with E-state index in [0.717, 1.165) is 49.1 Å². The third kappa shape index (κ3) is 13.2. The monoisotopic (exact) mass is 706 g/mol. The number of phosphoric ester groups is 1.